The van der Waals surface area contributed by atoms with Crippen molar-refractivity contribution in [3.8, 4) is 16.9 Å². The van der Waals surface area contributed by atoms with Crippen molar-refractivity contribution in [1.29, 1.82) is 0 Å². The second-order valence-corrected chi connectivity index (χ2v) is 9.85. The average Bonchev–Trinajstić information content (AvgIpc) is 3.49. The van der Waals surface area contributed by atoms with Gasteiger partial charge in [0.25, 0.3) is 0 Å². The molecule has 1 fully saturated rings. The SMILES string of the molecule is C[C@H](O)c1nccn1[C@@H](/C=C/c1ccc(-c2ccc(O[C@H]3COC[C@@H]3O)cc2F)cc1)COP(=O)(O)O. The molecular formula is C25H28FN2O8P. The minimum absolute atomic E-state index is 0.188. The first-order chi connectivity index (χ1) is 17.6. The summed E-state index contributed by atoms with van der Waals surface area (Å²) in [6.45, 7) is 1.62. The summed E-state index contributed by atoms with van der Waals surface area (Å²) in [6.07, 6.45) is 4.27. The molecule has 0 unspecified atom stereocenters. The third kappa shape index (κ3) is 7.12. The zero-order chi connectivity index (χ0) is 26.6. The highest BCUT2D eigenvalue weighted by atomic mass is 31.2. The monoisotopic (exact) mass is 534 g/mol. The molecule has 37 heavy (non-hydrogen) atoms. The van der Waals surface area contributed by atoms with Crippen LogP contribution in [0.5, 0.6) is 5.75 Å². The molecule has 4 rings (SSSR count). The topological polar surface area (TPSA) is 144 Å². The zero-order valence-electron chi connectivity index (χ0n) is 19.9. The van der Waals surface area contributed by atoms with Gasteiger partial charge in [0, 0.05) is 24.0 Å². The smallest absolute Gasteiger partial charge is 0.469 e. The summed E-state index contributed by atoms with van der Waals surface area (Å²) in [5.41, 5.74) is 1.76. The fraction of sp³-hybridized carbons (Fsp3) is 0.320. The molecule has 4 atom stereocenters. The second-order valence-electron chi connectivity index (χ2n) is 8.61. The van der Waals surface area contributed by atoms with Crippen molar-refractivity contribution < 1.29 is 43.0 Å². The summed E-state index contributed by atoms with van der Waals surface area (Å²) >= 11 is 0. The van der Waals surface area contributed by atoms with E-state index in [-0.39, 0.29) is 19.8 Å². The molecule has 12 heteroatoms. The molecule has 0 saturated carbocycles. The highest BCUT2D eigenvalue weighted by Crippen LogP contribution is 2.37. The number of aliphatic hydroxyl groups is 2. The standard InChI is InChI=1S/C25H28FN2O8P/c1-16(29)25-27-10-11-28(25)19(13-35-37(31,32)33)7-4-17-2-5-18(6-3-17)21-9-8-20(12-22(21)26)36-24-15-34-14-23(24)30/h2-12,16,19,23-24,29-30H,13-15H2,1H3,(H2,31,32,33)/b7-4+/t16-,19-,23-,24-/m0/s1. The molecule has 198 valence electrons. The fourth-order valence-corrected chi connectivity index (χ4v) is 4.29. The van der Waals surface area contributed by atoms with Gasteiger partial charge in [0.15, 0.2) is 0 Å². The Morgan fingerprint density at radius 1 is 1.24 bits per heavy atom. The van der Waals surface area contributed by atoms with Crippen LogP contribution >= 0.6 is 7.82 Å². The molecule has 0 bridgehead atoms. The molecule has 1 aromatic heterocycles. The maximum atomic E-state index is 14.8. The van der Waals surface area contributed by atoms with Gasteiger partial charge in [-0.2, -0.15) is 0 Å². The van der Waals surface area contributed by atoms with Crippen LogP contribution in [0.4, 0.5) is 4.39 Å². The number of phosphoric ester groups is 1. The van der Waals surface area contributed by atoms with Gasteiger partial charge in [0.05, 0.1) is 25.9 Å². The molecule has 3 aromatic rings. The van der Waals surface area contributed by atoms with Crippen LogP contribution in [0, 0.1) is 5.82 Å². The van der Waals surface area contributed by atoms with E-state index < -0.39 is 38.0 Å². The Labute approximate surface area is 212 Å². The first-order valence-corrected chi connectivity index (χ1v) is 13.1. The summed E-state index contributed by atoms with van der Waals surface area (Å²) < 4.78 is 43.1. The predicted molar refractivity (Wildman–Crippen MR) is 132 cm³/mol. The lowest BCUT2D eigenvalue weighted by Gasteiger charge is -2.19. The first-order valence-electron chi connectivity index (χ1n) is 11.5. The van der Waals surface area contributed by atoms with Gasteiger partial charge < -0.3 is 34.0 Å². The van der Waals surface area contributed by atoms with Gasteiger partial charge >= 0.3 is 7.82 Å². The van der Waals surface area contributed by atoms with E-state index in [1.165, 1.54) is 19.2 Å². The van der Waals surface area contributed by atoms with Crippen LogP contribution in [0.25, 0.3) is 17.2 Å². The van der Waals surface area contributed by atoms with Crippen molar-refractivity contribution in [2.45, 2.75) is 31.3 Å². The summed E-state index contributed by atoms with van der Waals surface area (Å²) in [5.74, 6) is 0.141. The van der Waals surface area contributed by atoms with Crippen LogP contribution in [0.2, 0.25) is 0 Å². The van der Waals surface area contributed by atoms with E-state index in [0.29, 0.717) is 22.7 Å². The van der Waals surface area contributed by atoms with E-state index >= 15 is 0 Å². The zero-order valence-corrected chi connectivity index (χ0v) is 20.8. The van der Waals surface area contributed by atoms with E-state index in [1.807, 2.05) is 0 Å². The van der Waals surface area contributed by atoms with Crippen LogP contribution in [-0.4, -0.2) is 61.6 Å². The normalized spacial score (nSPS) is 19.8. The Balaban J connectivity index is 1.49. The summed E-state index contributed by atoms with van der Waals surface area (Å²) in [6, 6.07) is 10.9. The van der Waals surface area contributed by atoms with Gasteiger partial charge in [-0.05, 0) is 30.2 Å². The van der Waals surface area contributed by atoms with Crippen LogP contribution in [0.3, 0.4) is 0 Å². The van der Waals surface area contributed by atoms with E-state index in [4.69, 9.17) is 23.8 Å². The van der Waals surface area contributed by atoms with Crippen molar-refractivity contribution in [2.75, 3.05) is 19.8 Å². The number of halogens is 1. The Morgan fingerprint density at radius 2 is 2.00 bits per heavy atom. The Bertz CT molecular complexity index is 1270. The minimum Gasteiger partial charge on any atom is -0.485 e. The van der Waals surface area contributed by atoms with E-state index in [2.05, 4.69) is 4.98 Å². The van der Waals surface area contributed by atoms with E-state index in [9.17, 15) is 19.2 Å². The highest BCUT2D eigenvalue weighted by molar-refractivity contribution is 7.46. The number of hydrogen-bond donors (Lipinski definition) is 4. The summed E-state index contributed by atoms with van der Waals surface area (Å²) in [7, 11) is -4.71. The molecule has 10 nitrogen and oxygen atoms in total. The molecule has 0 spiro atoms. The van der Waals surface area contributed by atoms with Gasteiger partial charge in [0.2, 0.25) is 0 Å². The van der Waals surface area contributed by atoms with Gasteiger partial charge in [-0.3, -0.25) is 4.52 Å². The van der Waals surface area contributed by atoms with Crippen molar-refractivity contribution in [2.24, 2.45) is 0 Å². The lowest BCUT2D eigenvalue weighted by Crippen LogP contribution is -2.29. The van der Waals surface area contributed by atoms with Crippen LogP contribution in [0.15, 0.2) is 60.9 Å². The quantitative estimate of drug-likeness (QED) is 0.288. The van der Waals surface area contributed by atoms with Gasteiger partial charge in [0.1, 0.15) is 35.7 Å². The van der Waals surface area contributed by atoms with Crippen molar-refractivity contribution in [3.05, 3.63) is 78.1 Å². The van der Waals surface area contributed by atoms with Gasteiger partial charge in [-0.1, -0.05) is 36.4 Å². The van der Waals surface area contributed by atoms with Crippen LogP contribution < -0.4 is 4.74 Å². The van der Waals surface area contributed by atoms with Gasteiger partial charge in [-0.25, -0.2) is 13.9 Å². The van der Waals surface area contributed by atoms with E-state index in [0.717, 1.165) is 5.56 Å². The second kappa shape index (κ2) is 11.7. The summed E-state index contributed by atoms with van der Waals surface area (Å²) in [5, 5.41) is 19.8. The third-order valence-corrected chi connectivity index (χ3v) is 6.29. The third-order valence-electron chi connectivity index (χ3n) is 5.80. The number of imidazole rings is 1. The maximum Gasteiger partial charge on any atom is 0.469 e. The lowest BCUT2D eigenvalue weighted by molar-refractivity contribution is 0.0731. The molecule has 4 N–H and O–H groups in total. The van der Waals surface area contributed by atoms with Crippen LogP contribution in [-0.2, 0) is 13.8 Å². The molecular weight excluding hydrogens is 506 g/mol. The number of rotatable bonds is 10. The number of ether oxygens (including phenoxy) is 2. The van der Waals surface area contributed by atoms with Crippen molar-refractivity contribution in [1.82, 2.24) is 9.55 Å². The number of benzene rings is 2. The molecule has 2 aromatic carbocycles. The molecule has 0 amide bonds. The van der Waals surface area contributed by atoms with Crippen LogP contribution in [0.1, 0.15) is 30.5 Å². The molecule has 0 aliphatic carbocycles. The van der Waals surface area contributed by atoms with Crippen molar-refractivity contribution in [3.63, 3.8) is 0 Å². The molecule has 2 heterocycles. The van der Waals surface area contributed by atoms with Gasteiger partial charge in [-0.15, -0.1) is 0 Å². The lowest BCUT2D eigenvalue weighted by atomic mass is 10.0. The summed E-state index contributed by atoms with van der Waals surface area (Å²) in [4.78, 5) is 22.3. The number of hydrogen-bond acceptors (Lipinski definition) is 7. The first kappa shape index (κ1) is 27.2. The number of aliphatic hydroxyl groups excluding tert-OH is 2. The average molecular weight is 534 g/mol. The molecule has 0 radical (unpaired) electrons. The minimum atomic E-state index is -4.71. The molecule has 1 aliphatic heterocycles. The maximum absolute atomic E-state index is 14.8. The van der Waals surface area contributed by atoms with Crippen molar-refractivity contribution >= 4 is 13.9 Å². The number of aromatic nitrogens is 2. The number of nitrogens with zero attached hydrogens (tertiary/aromatic N) is 2. The largest absolute Gasteiger partial charge is 0.485 e. The highest BCUT2D eigenvalue weighted by Gasteiger charge is 2.28. The predicted octanol–water partition coefficient (Wildman–Crippen LogP) is 3.24. The Hall–Kier alpha value is -2.89. The fourth-order valence-electron chi connectivity index (χ4n) is 3.94. The van der Waals surface area contributed by atoms with E-state index in [1.54, 1.807) is 59.3 Å². The Kier molecular flexibility index (Phi) is 8.56. The molecule has 1 aliphatic rings. The number of phosphoric acid groups is 1. The Morgan fingerprint density at radius 3 is 2.62 bits per heavy atom. The molecule has 1 saturated heterocycles.